The van der Waals surface area contributed by atoms with Crippen molar-refractivity contribution < 1.29 is 9.53 Å². The predicted molar refractivity (Wildman–Crippen MR) is 83.1 cm³/mol. The molecule has 2 aromatic rings. The molecule has 1 aromatic heterocycles. The van der Waals surface area contributed by atoms with Crippen molar-refractivity contribution in [3.8, 4) is 5.75 Å². The van der Waals surface area contributed by atoms with E-state index in [1.54, 1.807) is 7.11 Å². The zero-order chi connectivity index (χ0) is 14.8. The lowest BCUT2D eigenvalue weighted by Crippen LogP contribution is -2.13. The number of ether oxygens (including phenoxy) is 1. The maximum absolute atomic E-state index is 12.5. The van der Waals surface area contributed by atoms with E-state index < -0.39 is 0 Å². The highest BCUT2D eigenvalue weighted by molar-refractivity contribution is 5.81. The van der Waals surface area contributed by atoms with Crippen LogP contribution in [-0.2, 0) is 19.3 Å². The molecule has 0 saturated heterocycles. The first kappa shape index (κ1) is 13.9. The molecule has 3 rings (SSSR count). The Balaban J connectivity index is 1.74. The standard InChI is InChI=1S/C18H21NO2/c1-13-12-19(16-8-5-7-15(13)16)18(20)11-10-14-6-3-4-9-17(14)21-2/h3-4,6,9,12H,5,7-8,10-11H2,1-2H3. The summed E-state index contributed by atoms with van der Waals surface area (Å²) in [5.41, 5.74) is 4.97. The van der Waals surface area contributed by atoms with Gasteiger partial charge in [-0.1, -0.05) is 18.2 Å². The number of hydrogen-bond acceptors (Lipinski definition) is 2. The van der Waals surface area contributed by atoms with Crippen LogP contribution in [0.2, 0.25) is 0 Å². The number of benzene rings is 1. The Morgan fingerprint density at radius 2 is 2.10 bits per heavy atom. The third kappa shape index (κ3) is 2.60. The topological polar surface area (TPSA) is 31.2 Å². The highest BCUT2D eigenvalue weighted by atomic mass is 16.5. The fourth-order valence-electron chi connectivity index (χ4n) is 3.26. The van der Waals surface area contributed by atoms with Gasteiger partial charge in [0.05, 0.1) is 7.11 Å². The van der Waals surface area contributed by atoms with Crippen LogP contribution in [0.15, 0.2) is 30.5 Å². The van der Waals surface area contributed by atoms with Gasteiger partial charge in [0.15, 0.2) is 0 Å². The van der Waals surface area contributed by atoms with Crippen molar-refractivity contribution in [1.29, 1.82) is 0 Å². The minimum atomic E-state index is 0.187. The quantitative estimate of drug-likeness (QED) is 0.859. The van der Waals surface area contributed by atoms with Crippen LogP contribution in [0.4, 0.5) is 0 Å². The Kier molecular flexibility index (Phi) is 3.82. The van der Waals surface area contributed by atoms with Crippen LogP contribution < -0.4 is 4.74 Å². The summed E-state index contributed by atoms with van der Waals surface area (Å²) in [5.74, 6) is 1.05. The summed E-state index contributed by atoms with van der Waals surface area (Å²) in [6, 6.07) is 7.90. The first-order chi connectivity index (χ1) is 10.2. The van der Waals surface area contributed by atoms with Crippen LogP contribution in [0.5, 0.6) is 5.75 Å². The molecule has 21 heavy (non-hydrogen) atoms. The number of para-hydroxylation sites is 1. The summed E-state index contributed by atoms with van der Waals surface area (Å²) in [5, 5.41) is 0. The van der Waals surface area contributed by atoms with Crippen molar-refractivity contribution in [1.82, 2.24) is 4.57 Å². The maximum atomic E-state index is 12.5. The second-order valence-corrected chi connectivity index (χ2v) is 5.67. The van der Waals surface area contributed by atoms with Crippen LogP contribution in [-0.4, -0.2) is 17.6 Å². The normalized spacial score (nSPS) is 13.2. The molecule has 0 spiro atoms. The third-order valence-corrected chi connectivity index (χ3v) is 4.35. The number of carbonyl (C=O) groups excluding carboxylic acids is 1. The Hall–Kier alpha value is -2.03. The van der Waals surface area contributed by atoms with E-state index in [1.807, 2.05) is 35.0 Å². The van der Waals surface area contributed by atoms with E-state index in [9.17, 15) is 4.79 Å². The number of fused-ring (bicyclic) bond motifs is 1. The van der Waals surface area contributed by atoms with Crippen molar-refractivity contribution in [2.75, 3.05) is 7.11 Å². The summed E-state index contributed by atoms with van der Waals surface area (Å²) >= 11 is 0. The highest BCUT2D eigenvalue weighted by Crippen LogP contribution is 2.27. The smallest absolute Gasteiger partial charge is 0.231 e. The van der Waals surface area contributed by atoms with E-state index in [-0.39, 0.29) is 5.91 Å². The van der Waals surface area contributed by atoms with Crippen molar-refractivity contribution >= 4 is 5.91 Å². The number of rotatable bonds is 4. The second kappa shape index (κ2) is 5.76. The summed E-state index contributed by atoms with van der Waals surface area (Å²) in [4.78, 5) is 12.5. The molecule has 0 aliphatic heterocycles. The van der Waals surface area contributed by atoms with Crippen LogP contribution in [0, 0.1) is 6.92 Å². The summed E-state index contributed by atoms with van der Waals surface area (Å²) in [7, 11) is 1.67. The summed E-state index contributed by atoms with van der Waals surface area (Å²) in [6.45, 7) is 2.11. The number of aryl methyl sites for hydroxylation is 2. The van der Waals surface area contributed by atoms with Gasteiger partial charge in [-0.3, -0.25) is 9.36 Å². The SMILES string of the molecule is COc1ccccc1CCC(=O)n1cc(C)c2c1CCC2. The highest BCUT2D eigenvalue weighted by Gasteiger charge is 2.21. The zero-order valence-electron chi connectivity index (χ0n) is 12.7. The number of methoxy groups -OCH3 is 1. The van der Waals surface area contributed by atoms with Crippen LogP contribution >= 0.6 is 0 Å². The minimum absolute atomic E-state index is 0.187. The maximum Gasteiger partial charge on any atom is 0.231 e. The first-order valence-corrected chi connectivity index (χ1v) is 7.55. The van der Waals surface area contributed by atoms with Gasteiger partial charge in [0.25, 0.3) is 0 Å². The average Bonchev–Trinajstić information content (AvgIpc) is 3.09. The van der Waals surface area contributed by atoms with Crippen LogP contribution in [0.25, 0.3) is 0 Å². The van der Waals surface area contributed by atoms with Gasteiger partial charge in [0.1, 0.15) is 5.75 Å². The molecule has 0 N–H and O–H groups in total. The molecule has 0 atom stereocenters. The molecule has 1 heterocycles. The molecular weight excluding hydrogens is 262 g/mol. The van der Waals surface area contributed by atoms with E-state index >= 15 is 0 Å². The molecule has 0 fully saturated rings. The van der Waals surface area contributed by atoms with E-state index in [2.05, 4.69) is 6.92 Å². The summed E-state index contributed by atoms with van der Waals surface area (Å²) in [6.07, 6.45) is 6.56. The van der Waals surface area contributed by atoms with Gasteiger partial charge in [0, 0.05) is 18.3 Å². The van der Waals surface area contributed by atoms with E-state index in [0.29, 0.717) is 6.42 Å². The first-order valence-electron chi connectivity index (χ1n) is 7.55. The molecule has 0 bridgehead atoms. The largest absolute Gasteiger partial charge is 0.496 e. The van der Waals surface area contributed by atoms with E-state index in [4.69, 9.17) is 4.74 Å². The molecule has 3 heteroatoms. The van der Waals surface area contributed by atoms with E-state index in [0.717, 1.165) is 30.6 Å². The van der Waals surface area contributed by atoms with Crippen molar-refractivity contribution in [3.05, 3.63) is 52.8 Å². The van der Waals surface area contributed by atoms with Gasteiger partial charge >= 0.3 is 0 Å². The van der Waals surface area contributed by atoms with Crippen molar-refractivity contribution in [2.24, 2.45) is 0 Å². The number of aromatic nitrogens is 1. The Morgan fingerprint density at radius 1 is 1.29 bits per heavy atom. The molecule has 1 aliphatic rings. The van der Waals surface area contributed by atoms with E-state index in [1.165, 1.54) is 23.2 Å². The zero-order valence-corrected chi connectivity index (χ0v) is 12.7. The predicted octanol–water partition coefficient (Wildman–Crippen LogP) is 3.57. The molecule has 3 nitrogen and oxygen atoms in total. The van der Waals surface area contributed by atoms with Crippen LogP contribution in [0.1, 0.15) is 40.0 Å². The van der Waals surface area contributed by atoms with Gasteiger partial charge in [-0.05, 0) is 55.4 Å². The van der Waals surface area contributed by atoms with Gasteiger partial charge in [-0.15, -0.1) is 0 Å². The molecule has 0 saturated carbocycles. The molecule has 110 valence electrons. The van der Waals surface area contributed by atoms with Gasteiger partial charge in [-0.25, -0.2) is 0 Å². The lowest BCUT2D eigenvalue weighted by molar-refractivity contribution is 0.0900. The molecule has 1 aromatic carbocycles. The van der Waals surface area contributed by atoms with Crippen molar-refractivity contribution in [3.63, 3.8) is 0 Å². The summed E-state index contributed by atoms with van der Waals surface area (Å²) < 4.78 is 7.23. The Morgan fingerprint density at radius 3 is 2.90 bits per heavy atom. The number of hydrogen-bond donors (Lipinski definition) is 0. The molecule has 1 aliphatic carbocycles. The average molecular weight is 283 g/mol. The third-order valence-electron chi connectivity index (χ3n) is 4.35. The molecule has 0 unspecified atom stereocenters. The van der Waals surface area contributed by atoms with Gasteiger partial charge < -0.3 is 4.74 Å². The van der Waals surface area contributed by atoms with Gasteiger partial charge in [0.2, 0.25) is 5.91 Å². The number of nitrogens with zero attached hydrogens (tertiary/aromatic N) is 1. The fraction of sp³-hybridized carbons (Fsp3) is 0.389. The second-order valence-electron chi connectivity index (χ2n) is 5.67. The lowest BCUT2D eigenvalue weighted by atomic mass is 10.1. The molecule has 0 amide bonds. The lowest BCUT2D eigenvalue weighted by Gasteiger charge is -2.09. The van der Waals surface area contributed by atoms with Gasteiger partial charge in [-0.2, -0.15) is 0 Å². The molecule has 0 radical (unpaired) electrons. The monoisotopic (exact) mass is 283 g/mol. The Bertz CT molecular complexity index is 670. The fourth-order valence-corrected chi connectivity index (χ4v) is 3.26. The van der Waals surface area contributed by atoms with Crippen LogP contribution in [0.3, 0.4) is 0 Å². The van der Waals surface area contributed by atoms with Crippen molar-refractivity contribution in [2.45, 2.75) is 39.0 Å². The number of carbonyl (C=O) groups is 1. The minimum Gasteiger partial charge on any atom is -0.496 e. The Labute approximate surface area is 125 Å². The molecular formula is C18H21NO2.